The smallest absolute Gasteiger partial charge is 0.0314 e. The molecule has 3 heteroatoms. The quantitative estimate of drug-likeness (QED) is 0.729. The fraction of sp³-hybridized carbons (Fsp3) is 0.750. The zero-order valence-electron chi connectivity index (χ0n) is 12.2. The summed E-state index contributed by atoms with van der Waals surface area (Å²) in [6.45, 7) is 5.90. The van der Waals surface area contributed by atoms with Gasteiger partial charge in [-0.05, 0) is 65.0 Å². The minimum atomic E-state index is 0.483. The predicted octanol–water partition coefficient (Wildman–Crippen LogP) is 5.39. The highest BCUT2D eigenvalue weighted by atomic mass is 79.9. The van der Waals surface area contributed by atoms with Crippen LogP contribution in [0.25, 0.3) is 0 Å². The van der Waals surface area contributed by atoms with Crippen molar-refractivity contribution in [3.05, 3.63) is 20.8 Å². The number of nitrogens with one attached hydrogen (secondary N) is 1. The second-order valence-electron chi connectivity index (χ2n) is 6.12. The van der Waals surface area contributed by atoms with Gasteiger partial charge in [0, 0.05) is 15.4 Å². The lowest BCUT2D eigenvalue weighted by atomic mass is 9.69. The molecule has 1 N–H and O–H groups in total. The molecule has 19 heavy (non-hydrogen) atoms. The molecule has 1 aromatic rings. The first-order chi connectivity index (χ1) is 9.15. The highest BCUT2D eigenvalue weighted by molar-refractivity contribution is 9.10. The van der Waals surface area contributed by atoms with Gasteiger partial charge in [-0.2, -0.15) is 0 Å². The number of halogens is 1. The Bertz CT molecular complexity index is 382. The number of hydrogen-bond donors (Lipinski definition) is 1. The number of rotatable bonds is 6. The van der Waals surface area contributed by atoms with Crippen LogP contribution in [0.2, 0.25) is 0 Å². The van der Waals surface area contributed by atoms with Crippen LogP contribution in [-0.2, 0) is 6.42 Å². The van der Waals surface area contributed by atoms with E-state index in [1.807, 2.05) is 11.3 Å². The van der Waals surface area contributed by atoms with Crippen molar-refractivity contribution >= 4 is 27.3 Å². The summed E-state index contributed by atoms with van der Waals surface area (Å²) >= 11 is 5.57. The molecule has 0 radical (unpaired) electrons. The average molecular weight is 344 g/mol. The Hall–Kier alpha value is 0.140. The third kappa shape index (κ3) is 4.05. The van der Waals surface area contributed by atoms with Crippen LogP contribution in [0, 0.1) is 5.41 Å². The number of thiophene rings is 1. The Morgan fingerprint density at radius 1 is 1.37 bits per heavy atom. The van der Waals surface area contributed by atoms with Crippen LogP contribution in [0.4, 0.5) is 0 Å². The van der Waals surface area contributed by atoms with E-state index in [1.54, 1.807) is 0 Å². The molecule has 1 fully saturated rings. The fourth-order valence-electron chi connectivity index (χ4n) is 3.25. The Balaban J connectivity index is 2.08. The molecule has 1 aromatic heterocycles. The molecule has 1 heterocycles. The molecule has 1 aliphatic carbocycles. The highest BCUT2D eigenvalue weighted by Gasteiger charge is 2.35. The van der Waals surface area contributed by atoms with Gasteiger partial charge >= 0.3 is 0 Å². The summed E-state index contributed by atoms with van der Waals surface area (Å²) in [4.78, 5) is 1.50. The van der Waals surface area contributed by atoms with Gasteiger partial charge in [0.15, 0.2) is 0 Å². The van der Waals surface area contributed by atoms with Gasteiger partial charge in [-0.1, -0.05) is 33.1 Å². The highest BCUT2D eigenvalue weighted by Crippen LogP contribution is 2.41. The van der Waals surface area contributed by atoms with E-state index in [0.29, 0.717) is 11.5 Å². The molecule has 0 bridgehead atoms. The fourth-order valence-corrected chi connectivity index (χ4v) is 4.81. The molecule has 108 valence electrons. The first-order valence-electron chi connectivity index (χ1n) is 7.61. The van der Waals surface area contributed by atoms with Gasteiger partial charge in [-0.3, -0.25) is 0 Å². The van der Waals surface area contributed by atoms with Crippen molar-refractivity contribution in [1.82, 2.24) is 5.32 Å². The van der Waals surface area contributed by atoms with Crippen LogP contribution < -0.4 is 5.32 Å². The third-order valence-corrected chi connectivity index (χ3v) is 6.51. The van der Waals surface area contributed by atoms with E-state index in [4.69, 9.17) is 0 Å². The van der Waals surface area contributed by atoms with Crippen LogP contribution in [0.5, 0.6) is 0 Å². The van der Waals surface area contributed by atoms with Gasteiger partial charge in [-0.15, -0.1) is 11.3 Å². The maximum absolute atomic E-state index is 3.83. The van der Waals surface area contributed by atoms with E-state index >= 15 is 0 Å². The molecule has 1 saturated carbocycles. The Morgan fingerprint density at radius 2 is 2.11 bits per heavy atom. The summed E-state index contributed by atoms with van der Waals surface area (Å²) in [7, 11) is 0. The summed E-state index contributed by atoms with van der Waals surface area (Å²) in [6.07, 6.45) is 9.42. The van der Waals surface area contributed by atoms with Crippen LogP contribution in [0.15, 0.2) is 15.9 Å². The first kappa shape index (κ1) is 15.5. The monoisotopic (exact) mass is 343 g/mol. The molecule has 1 nitrogen and oxygen atoms in total. The first-order valence-corrected chi connectivity index (χ1v) is 9.28. The standard InChI is InChI=1S/C16H26BrNS/c1-3-10-18-15(12-14-13(17)7-11-19-14)16(2)8-5-4-6-9-16/h7,11,15,18H,3-6,8-10,12H2,1-2H3. The second-order valence-corrected chi connectivity index (χ2v) is 7.97. The molecule has 2 rings (SSSR count). The molecular formula is C16H26BrNS. The Labute approximate surface area is 130 Å². The average Bonchev–Trinajstić information content (AvgIpc) is 2.81. The van der Waals surface area contributed by atoms with Gasteiger partial charge in [0.25, 0.3) is 0 Å². The maximum Gasteiger partial charge on any atom is 0.0314 e. The summed E-state index contributed by atoms with van der Waals surface area (Å²) in [6, 6.07) is 2.81. The van der Waals surface area contributed by atoms with E-state index < -0.39 is 0 Å². The topological polar surface area (TPSA) is 12.0 Å². The molecule has 0 aromatic carbocycles. The minimum absolute atomic E-state index is 0.483. The lowest BCUT2D eigenvalue weighted by Gasteiger charge is -2.41. The summed E-state index contributed by atoms with van der Waals surface area (Å²) in [5, 5.41) is 6.02. The van der Waals surface area contributed by atoms with E-state index in [0.717, 1.165) is 6.54 Å². The number of hydrogen-bond acceptors (Lipinski definition) is 2. The predicted molar refractivity (Wildman–Crippen MR) is 89.0 cm³/mol. The minimum Gasteiger partial charge on any atom is -0.313 e. The van der Waals surface area contributed by atoms with Crippen LogP contribution in [0.1, 0.15) is 57.2 Å². The van der Waals surface area contributed by atoms with Gasteiger partial charge in [-0.25, -0.2) is 0 Å². The normalized spacial score (nSPS) is 20.4. The molecule has 0 saturated heterocycles. The van der Waals surface area contributed by atoms with Crippen LogP contribution >= 0.6 is 27.3 Å². The van der Waals surface area contributed by atoms with E-state index in [-0.39, 0.29) is 0 Å². The van der Waals surface area contributed by atoms with Gasteiger partial charge in [0.1, 0.15) is 0 Å². The zero-order chi connectivity index (χ0) is 13.7. The van der Waals surface area contributed by atoms with Crippen molar-refractivity contribution < 1.29 is 0 Å². The Morgan fingerprint density at radius 3 is 2.68 bits per heavy atom. The van der Waals surface area contributed by atoms with E-state index in [2.05, 4.69) is 46.5 Å². The summed E-state index contributed by atoms with van der Waals surface area (Å²) in [5.74, 6) is 0. The van der Waals surface area contributed by atoms with Crippen molar-refractivity contribution in [1.29, 1.82) is 0 Å². The molecule has 0 spiro atoms. The molecule has 1 aliphatic rings. The second kappa shape index (κ2) is 7.24. The van der Waals surface area contributed by atoms with Crippen molar-refractivity contribution in [2.24, 2.45) is 5.41 Å². The van der Waals surface area contributed by atoms with E-state index in [1.165, 1.54) is 54.3 Å². The summed E-state index contributed by atoms with van der Waals surface area (Å²) in [5.41, 5.74) is 0.483. The van der Waals surface area contributed by atoms with Crippen molar-refractivity contribution in [2.75, 3.05) is 6.54 Å². The van der Waals surface area contributed by atoms with Gasteiger partial charge in [0.2, 0.25) is 0 Å². The SMILES string of the molecule is CCCNC(Cc1sccc1Br)C1(C)CCCCC1. The molecule has 0 amide bonds. The van der Waals surface area contributed by atoms with Crippen LogP contribution in [-0.4, -0.2) is 12.6 Å². The maximum atomic E-state index is 3.83. The molecule has 1 unspecified atom stereocenters. The van der Waals surface area contributed by atoms with Crippen molar-refractivity contribution in [3.63, 3.8) is 0 Å². The lowest BCUT2D eigenvalue weighted by molar-refractivity contribution is 0.144. The van der Waals surface area contributed by atoms with Crippen LogP contribution in [0.3, 0.4) is 0 Å². The third-order valence-electron chi connectivity index (χ3n) is 4.56. The zero-order valence-corrected chi connectivity index (χ0v) is 14.6. The van der Waals surface area contributed by atoms with E-state index in [9.17, 15) is 0 Å². The largest absolute Gasteiger partial charge is 0.313 e. The molecule has 0 aliphatic heterocycles. The van der Waals surface area contributed by atoms with Gasteiger partial charge < -0.3 is 5.32 Å². The lowest BCUT2D eigenvalue weighted by Crippen LogP contribution is -2.46. The Kier molecular flexibility index (Phi) is 5.91. The van der Waals surface area contributed by atoms with Gasteiger partial charge in [0.05, 0.1) is 0 Å². The van der Waals surface area contributed by atoms with Crippen molar-refractivity contribution in [2.45, 2.75) is 64.8 Å². The molecule has 1 atom stereocenters. The van der Waals surface area contributed by atoms with Crippen molar-refractivity contribution in [3.8, 4) is 0 Å². The summed E-state index contributed by atoms with van der Waals surface area (Å²) < 4.78 is 1.29. The molecular weight excluding hydrogens is 318 g/mol.